The minimum absolute atomic E-state index is 0.0629. The standard InChI is InChI=1S/C21H28N6O2/c1-6-16(26(5)20(28)8-3)11-17(7-2)29-21-19-9-10-22-27(19)14-18(24-21)15-12-23-25(4)13-15/h8-10,12-14,16-17H,3,6-7,11H2,1-2,4-5H3/t16-,17-/m1/s1. The van der Waals surface area contributed by atoms with E-state index in [0.29, 0.717) is 12.3 Å². The van der Waals surface area contributed by atoms with Crippen LogP contribution < -0.4 is 4.74 Å². The summed E-state index contributed by atoms with van der Waals surface area (Å²) in [5.74, 6) is 0.449. The summed E-state index contributed by atoms with van der Waals surface area (Å²) in [5.41, 5.74) is 2.44. The van der Waals surface area contributed by atoms with E-state index in [-0.39, 0.29) is 18.1 Å². The minimum Gasteiger partial charge on any atom is -0.473 e. The molecule has 1 amide bonds. The van der Waals surface area contributed by atoms with Crippen LogP contribution in [-0.4, -0.2) is 54.4 Å². The maximum atomic E-state index is 12.0. The van der Waals surface area contributed by atoms with E-state index in [4.69, 9.17) is 9.72 Å². The molecule has 0 bridgehead atoms. The molecule has 29 heavy (non-hydrogen) atoms. The molecular formula is C21H28N6O2. The third-order valence-electron chi connectivity index (χ3n) is 5.17. The lowest BCUT2D eigenvalue weighted by Crippen LogP contribution is -2.39. The second kappa shape index (κ2) is 8.89. The van der Waals surface area contributed by atoms with Crippen LogP contribution in [0.25, 0.3) is 16.8 Å². The van der Waals surface area contributed by atoms with Crippen LogP contribution in [0.5, 0.6) is 5.88 Å². The Morgan fingerprint density at radius 2 is 2.10 bits per heavy atom. The SMILES string of the molecule is C=CC(=O)N(C)[C@H](CC)C[C@@H](CC)Oc1nc(-c2cnn(C)c2)cn2nccc12. The lowest BCUT2D eigenvalue weighted by molar-refractivity contribution is -0.127. The maximum Gasteiger partial charge on any atom is 0.245 e. The Kier molecular flexibility index (Phi) is 6.31. The van der Waals surface area contributed by atoms with Crippen molar-refractivity contribution in [3.63, 3.8) is 0 Å². The first-order chi connectivity index (χ1) is 14.0. The summed E-state index contributed by atoms with van der Waals surface area (Å²) in [5, 5.41) is 8.57. The van der Waals surface area contributed by atoms with Crippen LogP contribution >= 0.6 is 0 Å². The van der Waals surface area contributed by atoms with E-state index in [2.05, 4.69) is 30.6 Å². The summed E-state index contributed by atoms with van der Waals surface area (Å²) >= 11 is 0. The Labute approximate surface area is 170 Å². The van der Waals surface area contributed by atoms with Gasteiger partial charge in [0.25, 0.3) is 0 Å². The van der Waals surface area contributed by atoms with Gasteiger partial charge in [-0.05, 0) is 25.0 Å². The number of ether oxygens (including phenoxy) is 1. The fourth-order valence-electron chi connectivity index (χ4n) is 3.36. The van der Waals surface area contributed by atoms with Gasteiger partial charge in [-0.3, -0.25) is 9.48 Å². The number of aryl methyl sites for hydroxylation is 1. The Balaban J connectivity index is 1.87. The van der Waals surface area contributed by atoms with Gasteiger partial charge in [-0.25, -0.2) is 9.50 Å². The third kappa shape index (κ3) is 4.47. The molecule has 0 aliphatic heterocycles. The van der Waals surface area contributed by atoms with Crippen LogP contribution in [0.2, 0.25) is 0 Å². The summed E-state index contributed by atoms with van der Waals surface area (Å²) in [6.45, 7) is 7.73. The van der Waals surface area contributed by atoms with Crippen molar-refractivity contribution >= 4 is 11.4 Å². The number of nitrogens with zero attached hydrogens (tertiary/aromatic N) is 6. The van der Waals surface area contributed by atoms with Gasteiger partial charge in [0.2, 0.25) is 11.8 Å². The molecule has 0 aliphatic rings. The fraction of sp³-hybridized carbons (Fsp3) is 0.429. The average molecular weight is 396 g/mol. The molecule has 3 heterocycles. The van der Waals surface area contributed by atoms with Crippen molar-refractivity contribution in [2.75, 3.05) is 7.05 Å². The van der Waals surface area contributed by atoms with Crippen LogP contribution in [0.3, 0.4) is 0 Å². The fourth-order valence-corrected chi connectivity index (χ4v) is 3.36. The topological polar surface area (TPSA) is 77.6 Å². The van der Waals surface area contributed by atoms with Gasteiger partial charge in [0.1, 0.15) is 11.6 Å². The molecule has 154 valence electrons. The Hall–Kier alpha value is -3.16. The van der Waals surface area contributed by atoms with E-state index in [1.54, 1.807) is 33.5 Å². The van der Waals surface area contributed by atoms with Crippen LogP contribution in [0.4, 0.5) is 0 Å². The largest absolute Gasteiger partial charge is 0.473 e. The molecule has 3 aromatic heterocycles. The highest BCUT2D eigenvalue weighted by Crippen LogP contribution is 2.26. The van der Waals surface area contributed by atoms with Crippen LogP contribution in [-0.2, 0) is 11.8 Å². The van der Waals surface area contributed by atoms with Gasteiger partial charge in [0, 0.05) is 38.3 Å². The Bertz CT molecular complexity index is 992. The number of carbonyl (C=O) groups excluding carboxylic acids is 1. The molecule has 0 radical (unpaired) electrons. The number of likely N-dealkylation sites (N-methyl/N-ethyl adjacent to an activating group) is 1. The molecule has 0 aliphatic carbocycles. The van der Waals surface area contributed by atoms with Crippen LogP contribution in [0, 0.1) is 0 Å². The number of aromatic nitrogens is 5. The zero-order valence-corrected chi connectivity index (χ0v) is 17.4. The third-order valence-corrected chi connectivity index (χ3v) is 5.17. The van der Waals surface area contributed by atoms with Crippen molar-refractivity contribution in [2.45, 2.75) is 45.3 Å². The van der Waals surface area contributed by atoms with Gasteiger partial charge in [-0.1, -0.05) is 20.4 Å². The molecule has 3 rings (SSSR count). The number of hydrogen-bond acceptors (Lipinski definition) is 5. The van der Waals surface area contributed by atoms with Crippen LogP contribution in [0.1, 0.15) is 33.1 Å². The maximum absolute atomic E-state index is 12.0. The summed E-state index contributed by atoms with van der Waals surface area (Å²) in [7, 11) is 3.67. The number of hydrogen-bond donors (Lipinski definition) is 0. The molecule has 0 saturated heterocycles. The molecule has 0 unspecified atom stereocenters. The van der Waals surface area contributed by atoms with E-state index in [9.17, 15) is 4.79 Å². The van der Waals surface area contributed by atoms with E-state index in [0.717, 1.165) is 29.6 Å². The second-order valence-corrected chi connectivity index (χ2v) is 7.09. The summed E-state index contributed by atoms with van der Waals surface area (Å²) in [4.78, 5) is 18.5. The van der Waals surface area contributed by atoms with Gasteiger partial charge in [0.15, 0.2) is 0 Å². The normalized spacial score (nSPS) is 13.2. The predicted octanol–water partition coefficient (Wildman–Crippen LogP) is 3.10. The zero-order chi connectivity index (χ0) is 21.0. The van der Waals surface area contributed by atoms with E-state index >= 15 is 0 Å². The molecule has 0 saturated carbocycles. The highest BCUT2D eigenvalue weighted by Gasteiger charge is 2.23. The summed E-state index contributed by atoms with van der Waals surface area (Å²) in [6.07, 6.45) is 10.9. The molecule has 0 spiro atoms. The van der Waals surface area contributed by atoms with Gasteiger partial charge in [-0.2, -0.15) is 10.2 Å². The van der Waals surface area contributed by atoms with Crippen molar-refractivity contribution < 1.29 is 9.53 Å². The zero-order valence-electron chi connectivity index (χ0n) is 17.4. The quantitative estimate of drug-likeness (QED) is 0.520. The van der Waals surface area contributed by atoms with Crippen molar-refractivity contribution in [3.05, 3.63) is 43.5 Å². The molecule has 8 nitrogen and oxygen atoms in total. The van der Waals surface area contributed by atoms with Crippen molar-refractivity contribution in [1.29, 1.82) is 0 Å². The number of fused-ring (bicyclic) bond motifs is 1. The molecule has 8 heteroatoms. The highest BCUT2D eigenvalue weighted by molar-refractivity contribution is 5.87. The first-order valence-electron chi connectivity index (χ1n) is 9.86. The molecule has 0 aromatic carbocycles. The first-order valence-corrected chi connectivity index (χ1v) is 9.86. The Morgan fingerprint density at radius 1 is 1.31 bits per heavy atom. The van der Waals surface area contributed by atoms with Crippen molar-refractivity contribution in [2.24, 2.45) is 7.05 Å². The van der Waals surface area contributed by atoms with Crippen molar-refractivity contribution in [1.82, 2.24) is 29.3 Å². The smallest absolute Gasteiger partial charge is 0.245 e. The number of rotatable bonds is 9. The van der Waals surface area contributed by atoms with Gasteiger partial charge in [-0.15, -0.1) is 0 Å². The van der Waals surface area contributed by atoms with Gasteiger partial charge < -0.3 is 9.64 Å². The van der Waals surface area contributed by atoms with E-state index < -0.39 is 0 Å². The predicted molar refractivity (Wildman–Crippen MR) is 112 cm³/mol. The lowest BCUT2D eigenvalue weighted by atomic mass is 10.0. The van der Waals surface area contributed by atoms with Gasteiger partial charge >= 0.3 is 0 Å². The Morgan fingerprint density at radius 3 is 2.72 bits per heavy atom. The van der Waals surface area contributed by atoms with Gasteiger partial charge in [0.05, 0.1) is 24.3 Å². The molecule has 0 fully saturated rings. The first kappa shape index (κ1) is 20.6. The molecular weight excluding hydrogens is 368 g/mol. The second-order valence-electron chi connectivity index (χ2n) is 7.09. The number of amides is 1. The molecule has 2 atom stereocenters. The molecule has 0 N–H and O–H groups in total. The molecule has 3 aromatic rings. The summed E-state index contributed by atoms with van der Waals surface area (Å²) in [6, 6.07) is 1.94. The highest BCUT2D eigenvalue weighted by atomic mass is 16.5. The monoisotopic (exact) mass is 396 g/mol. The average Bonchev–Trinajstić information content (AvgIpc) is 3.38. The number of carbonyl (C=O) groups is 1. The van der Waals surface area contributed by atoms with Crippen molar-refractivity contribution in [3.8, 4) is 17.1 Å². The van der Waals surface area contributed by atoms with E-state index in [1.807, 2.05) is 25.5 Å². The summed E-state index contributed by atoms with van der Waals surface area (Å²) < 4.78 is 9.84. The lowest BCUT2D eigenvalue weighted by Gasteiger charge is -2.29. The minimum atomic E-state index is -0.0876. The van der Waals surface area contributed by atoms with E-state index in [1.165, 1.54) is 6.08 Å². The van der Waals surface area contributed by atoms with Crippen LogP contribution in [0.15, 0.2) is 43.5 Å².